The van der Waals surface area contributed by atoms with E-state index in [1.807, 2.05) is 36.4 Å². The summed E-state index contributed by atoms with van der Waals surface area (Å²) in [5.41, 5.74) is 1.19. The molecule has 1 aromatic heterocycles. The highest BCUT2D eigenvalue weighted by Gasteiger charge is 2.42. The number of likely N-dealkylation sites (tertiary alicyclic amines) is 1. The first-order chi connectivity index (χ1) is 19.4. The van der Waals surface area contributed by atoms with E-state index in [1.54, 1.807) is 11.1 Å². The third kappa shape index (κ3) is 6.92. The van der Waals surface area contributed by atoms with Gasteiger partial charge >= 0.3 is 5.97 Å². The van der Waals surface area contributed by atoms with Gasteiger partial charge in [0.2, 0.25) is 12.7 Å². The number of piperidine rings is 1. The Balaban J connectivity index is 1.22. The van der Waals surface area contributed by atoms with E-state index in [0.29, 0.717) is 43.9 Å². The summed E-state index contributed by atoms with van der Waals surface area (Å²) in [7, 11) is 0. The number of esters is 1. The van der Waals surface area contributed by atoms with Crippen molar-refractivity contribution < 1.29 is 34.0 Å². The van der Waals surface area contributed by atoms with Crippen molar-refractivity contribution >= 4 is 11.9 Å². The summed E-state index contributed by atoms with van der Waals surface area (Å²) in [4.78, 5) is 35.1. The topological polar surface area (TPSA) is 122 Å². The Morgan fingerprint density at radius 2 is 1.77 bits per heavy atom. The van der Waals surface area contributed by atoms with Gasteiger partial charge < -0.3 is 29.3 Å². The number of aromatic nitrogens is 1. The van der Waals surface area contributed by atoms with Crippen LogP contribution in [0.4, 0.5) is 0 Å². The second-order valence-corrected chi connectivity index (χ2v) is 11.1. The van der Waals surface area contributed by atoms with Gasteiger partial charge in [0.25, 0.3) is 0 Å². The van der Waals surface area contributed by atoms with Crippen LogP contribution < -0.4 is 9.47 Å². The molecule has 0 unspecified atom stereocenters. The third-order valence-corrected chi connectivity index (χ3v) is 8.36. The van der Waals surface area contributed by atoms with E-state index in [0.717, 1.165) is 43.7 Å². The van der Waals surface area contributed by atoms with E-state index in [4.69, 9.17) is 14.2 Å². The highest BCUT2D eigenvalue weighted by atomic mass is 16.7. The molecule has 2 saturated heterocycles. The molecule has 2 atom stereocenters. The molecule has 2 fully saturated rings. The fraction of sp³-hybridized carbons (Fsp3) is 0.567. The first-order valence-electron chi connectivity index (χ1n) is 14.2. The first kappa shape index (κ1) is 28.3. The number of carbonyl (C=O) groups is 2. The zero-order valence-electron chi connectivity index (χ0n) is 22.9. The molecule has 40 heavy (non-hydrogen) atoms. The molecule has 5 rings (SSSR count). The smallest absolute Gasteiger partial charge is 0.312 e. The summed E-state index contributed by atoms with van der Waals surface area (Å²) in [5, 5.41) is 21.1. The molecule has 0 radical (unpaired) electrons. The van der Waals surface area contributed by atoms with Gasteiger partial charge in [-0.1, -0.05) is 18.6 Å². The fourth-order valence-corrected chi connectivity index (χ4v) is 5.79. The summed E-state index contributed by atoms with van der Waals surface area (Å²) in [6.07, 6.45) is 3.34. The minimum atomic E-state index is -1.21. The standard InChI is InChI=1S/C30H39N3O7/c34-24-8-14-33(28(36)18-22-6-7-26-27(17-22)40-21-39-26)13-4-2-9-30(29(37)38-20-25(24)35)10-15-32(16-11-30)19-23-5-1-3-12-31-23/h1,3,5-7,12,17,24-25,34-35H,2,4,8-11,13-16,18-21H2/t24-,25+/m0/s1. The summed E-state index contributed by atoms with van der Waals surface area (Å²) < 4.78 is 16.4. The molecule has 10 heteroatoms. The molecule has 4 heterocycles. The van der Waals surface area contributed by atoms with Gasteiger partial charge in [-0.25, -0.2) is 0 Å². The van der Waals surface area contributed by atoms with Crippen LogP contribution in [0.2, 0.25) is 0 Å². The molecular formula is C30H39N3O7. The minimum absolute atomic E-state index is 0.0553. The molecule has 0 bridgehead atoms. The van der Waals surface area contributed by atoms with Crippen LogP contribution in [-0.4, -0.2) is 88.7 Å². The summed E-state index contributed by atoms with van der Waals surface area (Å²) in [6, 6.07) is 11.4. The summed E-state index contributed by atoms with van der Waals surface area (Å²) in [5.74, 6) is 0.949. The monoisotopic (exact) mass is 553 g/mol. The Hall–Kier alpha value is -3.21. The Labute approximate surface area is 234 Å². The molecule has 10 nitrogen and oxygen atoms in total. The van der Waals surface area contributed by atoms with Crippen LogP contribution in [0, 0.1) is 5.41 Å². The van der Waals surface area contributed by atoms with E-state index in [2.05, 4.69) is 9.88 Å². The maximum Gasteiger partial charge on any atom is 0.312 e. The second kappa shape index (κ2) is 13.0. The number of hydrogen-bond acceptors (Lipinski definition) is 9. The number of hydrogen-bond donors (Lipinski definition) is 2. The van der Waals surface area contributed by atoms with Gasteiger partial charge in [-0.15, -0.1) is 0 Å². The first-order valence-corrected chi connectivity index (χ1v) is 14.2. The maximum atomic E-state index is 13.3. The highest BCUT2D eigenvalue weighted by molar-refractivity contribution is 5.79. The van der Waals surface area contributed by atoms with Crippen LogP contribution in [-0.2, 0) is 27.3 Å². The number of nitrogens with zero attached hydrogens (tertiary/aromatic N) is 3. The van der Waals surface area contributed by atoms with Crippen molar-refractivity contribution in [1.82, 2.24) is 14.8 Å². The number of fused-ring (bicyclic) bond motifs is 1. The van der Waals surface area contributed by atoms with Crippen LogP contribution in [0.25, 0.3) is 0 Å². The van der Waals surface area contributed by atoms with E-state index >= 15 is 0 Å². The highest BCUT2D eigenvalue weighted by Crippen LogP contribution is 2.39. The molecule has 0 aliphatic carbocycles. The number of rotatable bonds is 4. The SMILES string of the molecule is O=C(Cc1ccc2c(c1)OCO2)N1CCCCC2(CCN(Cc3ccccn3)CC2)C(=O)OC[C@@H](O)[C@@H](O)CC1. The molecule has 3 aliphatic heterocycles. The lowest BCUT2D eigenvalue weighted by Crippen LogP contribution is -2.46. The third-order valence-electron chi connectivity index (χ3n) is 8.36. The van der Waals surface area contributed by atoms with Crippen molar-refractivity contribution in [3.8, 4) is 11.5 Å². The Kier molecular flexibility index (Phi) is 9.18. The fourth-order valence-electron chi connectivity index (χ4n) is 5.79. The lowest BCUT2D eigenvalue weighted by Gasteiger charge is -2.40. The largest absolute Gasteiger partial charge is 0.462 e. The summed E-state index contributed by atoms with van der Waals surface area (Å²) in [6.45, 7) is 2.97. The zero-order chi connectivity index (χ0) is 28.0. The van der Waals surface area contributed by atoms with Crippen molar-refractivity contribution in [2.45, 2.75) is 63.7 Å². The Morgan fingerprint density at radius 3 is 2.58 bits per heavy atom. The van der Waals surface area contributed by atoms with Gasteiger partial charge in [0, 0.05) is 25.8 Å². The quantitative estimate of drug-likeness (QED) is 0.550. The van der Waals surface area contributed by atoms with Crippen LogP contribution in [0.3, 0.4) is 0 Å². The number of cyclic esters (lactones) is 1. The lowest BCUT2D eigenvalue weighted by atomic mass is 9.74. The van der Waals surface area contributed by atoms with Gasteiger partial charge in [-0.3, -0.25) is 19.5 Å². The predicted molar refractivity (Wildman–Crippen MR) is 145 cm³/mol. The van der Waals surface area contributed by atoms with Crippen LogP contribution in [0.1, 0.15) is 49.8 Å². The number of ether oxygens (including phenoxy) is 3. The minimum Gasteiger partial charge on any atom is -0.462 e. The van der Waals surface area contributed by atoms with E-state index in [1.165, 1.54) is 0 Å². The van der Waals surface area contributed by atoms with E-state index in [-0.39, 0.29) is 38.1 Å². The number of aliphatic hydroxyl groups is 2. The number of amides is 1. The van der Waals surface area contributed by atoms with Crippen molar-refractivity contribution in [2.24, 2.45) is 5.41 Å². The molecule has 2 aromatic rings. The molecule has 1 spiro atoms. The number of benzene rings is 1. The number of pyridine rings is 1. The number of carbonyl (C=O) groups excluding carboxylic acids is 2. The molecule has 1 aromatic carbocycles. The normalized spacial score (nSPS) is 24.1. The molecule has 3 aliphatic rings. The van der Waals surface area contributed by atoms with Crippen molar-refractivity contribution in [1.29, 1.82) is 0 Å². The van der Waals surface area contributed by atoms with Crippen LogP contribution in [0.5, 0.6) is 11.5 Å². The van der Waals surface area contributed by atoms with Crippen LogP contribution in [0.15, 0.2) is 42.6 Å². The second-order valence-electron chi connectivity index (χ2n) is 11.1. The molecule has 1 amide bonds. The number of aliphatic hydroxyl groups excluding tert-OH is 2. The van der Waals surface area contributed by atoms with Gasteiger partial charge in [0.1, 0.15) is 12.7 Å². The van der Waals surface area contributed by atoms with Crippen molar-refractivity contribution in [3.05, 3.63) is 53.9 Å². The zero-order valence-corrected chi connectivity index (χ0v) is 22.9. The maximum absolute atomic E-state index is 13.3. The van der Waals surface area contributed by atoms with E-state index < -0.39 is 17.6 Å². The van der Waals surface area contributed by atoms with Crippen molar-refractivity contribution in [2.75, 3.05) is 39.6 Å². The molecule has 2 N–H and O–H groups in total. The summed E-state index contributed by atoms with van der Waals surface area (Å²) >= 11 is 0. The van der Waals surface area contributed by atoms with Gasteiger partial charge in [0.05, 0.1) is 23.6 Å². The average molecular weight is 554 g/mol. The van der Waals surface area contributed by atoms with Gasteiger partial charge in [-0.2, -0.15) is 0 Å². The van der Waals surface area contributed by atoms with E-state index in [9.17, 15) is 19.8 Å². The average Bonchev–Trinajstić information content (AvgIpc) is 3.44. The van der Waals surface area contributed by atoms with Crippen LogP contribution >= 0.6 is 0 Å². The Morgan fingerprint density at radius 1 is 0.950 bits per heavy atom. The van der Waals surface area contributed by atoms with Crippen molar-refractivity contribution in [3.63, 3.8) is 0 Å². The molecular weight excluding hydrogens is 514 g/mol. The molecule has 0 saturated carbocycles. The van der Waals surface area contributed by atoms with Gasteiger partial charge in [-0.05, 0) is 75.0 Å². The lowest BCUT2D eigenvalue weighted by molar-refractivity contribution is -0.165. The predicted octanol–water partition coefficient (Wildman–Crippen LogP) is 2.30. The van der Waals surface area contributed by atoms with Gasteiger partial charge in [0.15, 0.2) is 11.5 Å². The molecule has 216 valence electrons. The Bertz CT molecular complexity index is 1150.